The average molecular weight is 200 g/mol. The predicted octanol–water partition coefficient (Wildman–Crippen LogP) is -1.17. The van der Waals surface area contributed by atoms with Gasteiger partial charge in [0.05, 0.1) is 0 Å². The number of carboxylic acid groups (broad SMARTS) is 1. The van der Waals surface area contributed by atoms with Gasteiger partial charge in [-0.05, 0) is 6.07 Å². The average Bonchev–Trinajstić information content (AvgIpc) is 1.90. The molecule has 0 spiro atoms. The quantitative estimate of drug-likeness (QED) is 0.534. The predicted molar refractivity (Wildman–Crippen MR) is 47.5 cm³/mol. The molecule has 0 amide bonds. The number of carbonyl (C=O) groups is 1. The van der Waals surface area contributed by atoms with Gasteiger partial charge in [-0.25, -0.2) is 9.97 Å². The second kappa shape index (κ2) is 13.4. The van der Waals surface area contributed by atoms with E-state index < -0.39 is 5.97 Å². The van der Waals surface area contributed by atoms with Gasteiger partial charge in [0.25, 0.3) is 5.97 Å². The number of carboxylic acids is 1. The molecule has 0 atom stereocenters. The van der Waals surface area contributed by atoms with Crippen molar-refractivity contribution in [2.75, 3.05) is 0 Å². The first-order valence-electron chi connectivity index (χ1n) is 2.63. The van der Waals surface area contributed by atoms with Crippen LogP contribution >= 0.6 is 0 Å². The van der Waals surface area contributed by atoms with Crippen molar-refractivity contribution in [2.45, 2.75) is 6.92 Å². The molecule has 12 heavy (non-hydrogen) atoms. The molecule has 0 aliphatic carbocycles. The number of aromatic nitrogens is 2. The molecule has 3 N–H and O–H groups in total. The van der Waals surface area contributed by atoms with Gasteiger partial charge in [-0.1, -0.05) is 0 Å². The molecule has 0 aromatic carbocycles. The summed E-state index contributed by atoms with van der Waals surface area (Å²) >= 11 is 0. The molecule has 66 valence electrons. The van der Waals surface area contributed by atoms with Gasteiger partial charge in [0.15, 0.2) is 0 Å². The molecule has 6 heteroatoms. The Balaban J connectivity index is -0.000000124. The standard InChI is InChI=1S/C4H4N2.C2H4O2.Ca.H2O.2H/c1-2-5-4-6-3-1;1-2(3)4;;;;/h1-4H;1H3,(H,3,4);;1H2;;. The fraction of sp³-hybridized carbons (Fsp3) is 0.167. The Morgan fingerprint density at radius 2 is 1.67 bits per heavy atom. The first-order valence-corrected chi connectivity index (χ1v) is 2.63. The Bertz CT molecular complexity index is 153. The topological polar surface area (TPSA) is 94.6 Å². The molecule has 0 saturated carbocycles. The van der Waals surface area contributed by atoms with Crippen LogP contribution in [-0.2, 0) is 4.79 Å². The van der Waals surface area contributed by atoms with E-state index in [0.29, 0.717) is 0 Å². The molecule has 1 aromatic heterocycles. The minimum atomic E-state index is -0.833. The van der Waals surface area contributed by atoms with Crippen molar-refractivity contribution in [2.24, 2.45) is 0 Å². The van der Waals surface area contributed by atoms with Gasteiger partial charge in [0.2, 0.25) is 0 Å². The van der Waals surface area contributed by atoms with Crippen molar-refractivity contribution in [1.82, 2.24) is 9.97 Å². The summed E-state index contributed by atoms with van der Waals surface area (Å²) in [5.41, 5.74) is 0. The van der Waals surface area contributed by atoms with E-state index in [4.69, 9.17) is 9.90 Å². The minimum Gasteiger partial charge on any atom is -0.245 e. The Morgan fingerprint density at radius 1 is 1.33 bits per heavy atom. The van der Waals surface area contributed by atoms with Crippen LogP contribution in [-0.4, -0.2) is 64.3 Å². The van der Waals surface area contributed by atoms with E-state index in [-0.39, 0.29) is 43.2 Å². The third kappa shape index (κ3) is 22.6. The molecular weight excluding hydrogens is 188 g/mol. The van der Waals surface area contributed by atoms with E-state index in [1.807, 2.05) is 0 Å². The molecule has 0 aliphatic heterocycles. The summed E-state index contributed by atoms with van der Waals surface area (Å²) < 4.78 is 0. The molecule has 0 aliphatic rings. The number of rotatable bonds is 0. The number of hydrogen-bond acceptors (Lipinski definition) is 3. The van der Waals surface area contributed by atoms with E-state index in [2.05, 4.69) is 9.97 Å². The molecule has 0 radical (unpaired) electrons. The van der Waals surface area contributed by atoms with Crippen LogP contribution in [0.4, 0.5) is 0 Å². The summed E-state index contributed by atoms with van der Waals surface area (Å²) in [7, 11) is 0. The third-order valence-corrected chi connectivity index (χ3v) is 0.478. The zero-order chi connectivity index (χ0) is 7.82. The number of nitrogens with zero attached hydrogens (tertiary/aromatic N) is 2. The van der Waals surface area contributed by atoms with E-state index >= 15 is 0 Å². The number of aliphatic carboxylic acids is 1. The van der Waals surface area contributed by atoms with Gasteiger partial charge in [-0.2, -0.15) is 0 Å². The molecule has 0 bridgehead atoms. The molecule has 1 rings (SSSR count). The molecular formula is C6H12CaN2O3. The molecule has 1 heterocycles. The van der Waals surface area contributed by atoms with Crippen molar-refractivity contribution in [3.8, 4) is 0 Å². The first kappa shape index (κ1) is 17.8. The zero-order valence-electron chi connectivity index (χ0n) is 6.06. The third-order valence-electron chi connectivity index (χ3n) is 0.478. The van der Waals surface area contributed by atoms with Gasteiger partial charge >= 0.3 is 37.7 Å². The van der Waals surface area contributed by atoms with E-state index in [1.54, 1.807) is 18.5 Å². The smallest absolute Gasteiger partial charge is 0.115 e. The summed E-state index contributed by atoms with van der Waals surface area (Å²) in [6.07, 6.45) is 4.88. The summed E-state index contributed by atoms with van der Waals surface area (Å²) in [4.78, 5) is 16.3. The maximum absolute atomic E-state index is 9.00. The van der Waals surface area contributed by atoms with Crippen LogP contribution in [0.5, 0.6) is 0 Å². The summed E-state index contributed by atoms with van der Waals surface area (Å²) in [5.74, 6) is -0.833. The van der Waals surface area contributed by atoms with Crippen molar-refractivity contribution < 1.29 is 15.4 Å². The minimum absolute atomic E-state index is 0. The van der Waals surface area contributed by atoms with Gasteiger partial charge in [0.1, 0.15) is 6.33 Å². The Labute approximate surface area is 100 Å². The SMILES string of the molecule is CC(=O)O.O.[CaH2].c1cncnc1. The fourth-order valence-electron chi connectivity index (χ4n) is 0.253. The van der Waals surface area contributed by atoms with E-state index in [1.165, 1.54) is 6.33 Å². The van der Waals surface area contributed by atoms with E-state index in [0.717, 1.165) is 6.92 Å². The van der Waals surface area contributed by atoms with Crippen molar-refractivity contribution in [3.05, 3.63) is 24.8 Å². The van der Waals surface area contributed by atoms with Gasteiger partial charge in [-0.15, -0.1) is 0 Å². The Morgan fingerprint density at radius 3 is 1.75 bits per heavy atom. The molecule has 0 fully saturated rings. The summed E-state index contributed by atoms with van der Waals surface area (Å²) in [6.45, 7) is 1.08. The van der Waals surface area contributed by atoms with Crippen molar-refractivity contribution in [3.63, 3.8) is 0 Å². The van der Waals surface area contributed by atoms with Crippen LogP contribution in [0.1, 0.15) is 6.92 Å². The van der Waals surface area contributed by atoms with Gasteiger partial charge in [-0.3, -0.25) is 4.79 Å². The monoisotopic (exact) mass is 200 g/mol. The second-order valence-corrected chi connectivity index (χ2v) is 1.42. The van der Waals surface area contributed by atoms with Gasteiger partial charge < -0.3 is 10.6 Å². The fourth-order valence-corrected chi connectivity index (χ4v) is 0.253. The molecule has 5 nitrogen and oxygen atoms in total. The zero-order valence-corrected chi connectivity index (χ0v) is 6.06. The second-order valence-electron chi connectivity index (χ2n) is 1.42. The maximum atomic E-state index is 9.00. The first-order chi connectivity index (χ1) is 4.73. The Kier molecular flexibility index (Phi) is 19.8. The Hall–Kier alpha value is -0.230. The largest absolute Gasteiger partial charge is 0.245 e. The van der Waals surface area contributed by atoms with Crippen molar-refractivity contribution >= 4 is 43.7 Å². The number of hydrogen-bond donors (Lipinski definition) is 1. The molecule has 1 aromatic rings. The van der Waals surface area contributed by atoms with Crippen LogP contribution in [0.2, 0.25) is 0 Å². The van der Waals surface area contributed by atoms with Gasteiger partial charge in [0, 0.05) is 19.3 Å². The van der Waals surface area contributed by atoms with Crippen molar-refractivity contribution in [1.29, 1.82) is 0 Å². The van der Waals surface area contributed by atoms with Crippen LogP contribution in [0.25, 0.3) is 0 Å². The maximum Gasteiger partial charge on any atom is 0.115 e. The molecule has 0 unspecified atom stereocenters. The summed E-state index contributed by atoms with van der Waals surface area (Å²) in [6, 6.07) is 1.78. The van der Waals surface area contributed by atoms with Crippen LogP contribution < -0.4 is 0 Å². The summed E-state index contributed by atoms with van der Waals surface area (Å²) in [5, 5.41) is 7.42. The molecule has 0 saturated heterocycles. The normalized spacial score (nSPS) is 6.08. The van der Waals surface area contributed by atoms with Crippen LogP contribution in [0.15, 0.2) is 24.8 Å². The van der Waals surface area contributed by atoms with Crippen LogP contribution in [0, 0.1) is 0 Å². The van der Waals surface area contributed by atoms with Crippen LogP contribution in [0.3, 0.4) is 0 Å². The van der Waals surface area contributed by atoms with E-state index in [9.17, 15) is 0 Å².